The zero-order chi connectivity index (χ0) is 28.8. The van der Waals surface area contributed by atoms with Gasteiger partial charge in [-0.1, -0.05) is 90.2 Å². The number of benzene rings is 1. The molecule has 1 amide bonds. The minimum Gasteiger partial charge on any atom is -0.370 e. The highest BCUT2D eigenvalue weighted by atomic mass is 16.1. The highest BCUT2D eigenvalue weighted by Gasteiger charge is 2.43. The Balaban J connectivity index is 0.00000260. The van der Waals surface area contributed by atoms with Crippen LogP contribution >= 0.6 is 0 Å². The number of carbonyl (C=O) groups is 1. The normalized spacial score (nSPS) is 23.2. The van der Waals surface area contributed by atoms with Crippen LogP contribution in [0.2, 0.25) is 0 Å². The van der Waals surface area contributed by atoms with Gasteiger partial charge in [-0.05, 0) is 111 Å². The third-order valence-corrected chi connectivity index (χ3v) is 9.66. The summed E-state index contributed by atoms with van der Waals surface area (Å²) in [6.45, 7) is 14.0. The van der Waals surface area contributed by atoms with Gasteiger partial charge < -0.3 is 17.2 Å². The molecule has 0 spiro atoms. The molecule has 6 N–H and O–H groups in total. The number of aryl methyl sites for hydroxylation is 1. The molecule has 0 saturated heterocycles. The first-order valence-electron chi connectivity index (χ1n) is 16.3. The van der Waals surface area contributed by atoms with Crippen LogP contribution in [0.5, 0.6) is 0 Å². The van der Waals surface area contributed by atoms with Gasteiger partial charge >= 0.3 is 0 Å². The van der Waals surface area contributed by atoms with Crippen molar-refractivity contribution in [1.82, 2.24) is 0 Å². The minimum atomic E-state index is -0.200. The van der Waals surface area contributed by atoms with Gasteiger partial charge in [0.05, 0.1) is 0 Å². The van der Waals surface area contributed by atoms with Crippen molar-refractivity contribution in [3.8, 4) is 0 Å². The molecule has 2 aliphatic carbocycles. The van der Waals surface area contributed by atoms with Gasteiger partial charge in [-0.15, -0.1) is 0 Å². The van der Waals surface area contributed by atoms with E-state index in [1.807, 2.05) is 13.8 Å². The van der Waals surface area contributed by atoms with Gasteiger partial charge in [0.15, 0.2) is 0 Å². The Bertz CT molecular complexity index is 865. The molecular formula is C35H61N3O. The van der Waals surface area contributed by atoms with E-state index >= 15 is 0 Å². The standard InChI is InChI=1S/C33H55N3O.C2H6/c1-4-5-6-10-25(19-24(3)32(35)13-7-8-18-34)14-16-29-23(2)20-28-22-30-26(15-17-33(36)37)11-9-12-27(30)21-31(28)29;1-2/h9,11-12,23,25,28-29,31-32H,3-8,10,13-22,34-35H2,1-2H3,(H2,36,37);1-2H3/t23-,25?,28?,29?,31?,32?;/m1./s1. The monoisotopic (exact) mass is 539 g/mol. The molecule has 1 fully saturated rings. The number of nitrogens with two attached hydrogens (primary N) is 3. The van der Waals surface area contributed by atoms with Crippen LogP contribution in [0.1, 0.15) is 121 Å². The molecule has 6 atom stereocenters. The average Bonchev–Trinajstić information content (AvgIpc) is 3.23. The molecule has 0 heterocycles. The highest BCUT2D eigenvalue weighted by Crippen LogP contribution is 2.50. The summed E-state index contributed by atoms with van der Waals surface area (Å²) in [5.74, 6) is 3.69. The van der Waals surface area contributed by atoms with Crippen LogP contribution in [0.25, 0.3) is 0 Å². The summed E-state index contributed by atoms with van der Waals surface area (Å²) in [6.07, 6.45) is 17.1. The van der Waals surface area contributed by atoms with Crippen LogP contribution in [0.4, 0.5) is 0 Å². The molecular weight excluding hydrogens is 478 g/mol. The molecule has 0 bridgehead atoms. The Kier molecular flexibility index (Phi) is 15.4. The lowest BCUT2D eigenvalue weighted by Crippen LogP contribution is -2.27. The average molecular weight is 540 g/mol. The molecule has 222 valence electrons. The SMILES string of the molecule is C=C(CC(CCCCC)CCC1C2Cc3cccc(CCC(N)=O)c3CC2C[C@H]1C)C(N)CCCCN.CC. The van der Waals surface area contributed by atoms with Crippen LogP contribution in [-0.4, -0.2) is 18.5 Å². The highest BCUT2D eigenvalue weighted by molar-refractivity contribution is 5.74. The molecule has 1 aromatic carbocycles. The Morgan fingerprint density at radius 3 is 2.51 bits per heavy atom. The molecule has 2 aliphatic rings. The maximum atomic E-state index is 11.4. The van der Waals surface area contributed by atoms with Gasteiger partial charge in [-0.3, -0.25) is 4.79 Å². The molecule has 4 nitrogen and oxygen atoms in total. The second kappa shape index (κ2) is 17.9. The lowest BCUT2D eigenvalue weighted by molar-refractivity contribution is -0.117. The zero-order valence-electron chi connectivity index (χ0n) is 25.9. The van der Waals surface area contributed by atoms with Gasteiger partial charge in [0.25, 0.3) is 0 Å². The fraction of sp³-hybridized carbons (Fsp3) is 0.743. The second-order valence-electron chi connectivity index (χ2n) is 12.4. The maximum absolute atomic E-state index is 11.4. The maximum Gasteiger partial charge on any atom is 0.217 e. The predicted molar refractivity (Wildman–Crippen MR) is 168 cm³/mol. The summed E-state index contributed by atoms with van der Waals surface area (Å²) < 4.78 is 0. The Morgan fingerprint density at radius 2 is 1.82 bits per heavy atom. The summed E-state index contributed by atoms with van der Waals surface area (Å²) in [6, 6.07) is 6.86. The Labute approximate surface area is 241 Å². The first-order chi connectivity index (χ1) is 18.8. The molecule has 4 heteroatoms. The Morgan fingerprint density at radius 1 is 1.08 bits per heavy atom. The van der Waals surface area contributed by atoms with E-state index in [9.17, 15) is 4.79 Å². The van der Waals surface area contributed by atoms with Crippen molar-refractivity contribution in [1.29, 1.82) is 0 Å². The number of unbranched alkanes of at least 4 members (excludes halogenated alkanes) is 3. The van der Waals surface area contributed by atoms with E-state index in [0.29, 0.717) is 12.3 Å². The van der Waals surface area contributed by atoms with Crippen LogP contribution in [0, 0.1) is 29.6 Å². The van der Waals surface area contributed by atoms with Crippen molar-refractivity contribution in [3.63, 3.8) is 0 Å². The first-order valence-corrected chi connectivity index (χ1v) is 16.3. The number of carbonyl (C=O) groups excluding carboxylic acids is 1. The number of hydrogen-bond acceptors (Lipinski definition) is 3. The van der Waals surface area contributed by atoms with Crippen molar-refractivity contribution >= 4 is 5.91 Å². The molecule has 0 radical (unpaired) electrons. The summed E-state index contributed by atoms with van der Waals surface area (Å²) in [5.41, 5.74) is 23.3. The molecule has 3 rings (SSSR count). The van der Waals surface area contributed by atoms with Gasteiger partial charge in [0.2, 0.25) is 5.91 Å². The van der Waals surface area contributed by atoms with Crippen LogP contribution in [-0.2, 0) is 24.1 Å². The molecule has 39 heavy (non-hydrogen) atoms. The fourth-order valence-electron chi connectivity index (χ4n) is 7.49. The smallest absolute Gasteiger partial charge is 0.217 e. The van der Waals surface area contributed by atoms with E-state index in [1.54, 1.807) is 0 Å². The third kappa shape index (κ3) is 10.4. The lowest BCUT2D eigenvalue weighted by Gasteiger charge is -2.34. The topological polar surface area (TPSA) is 95.1 Å². The van der Waals surface area contributed by atoms with Gasteiger partial charge in [0.1, 0.15) is 0 Å². The minimum absolute atomic E-state index is 0.119. The molecule has 5 unspecified atom stereocenters. The second-order valence-corrected chi connectivity index (χ2v) is 12.4. The largest absolute Gasteiger partial charge is 0.370 e. The van der Waals surface area contributed by atoms with E-state index in [0.717, 1.165) is 62.3 Å². The van der Waals surface area contributed by atoms with Gasteiger partial charge in [0, 0.05) is 12.5 Å². The van der Waals surface area contributed by atoms with Gasteiger partial charge in [-0.25, -0.2) is 0 Å². The van der Waals surface area contributed by atoms with E-state index in [-0.39, 0.29) is 11.9 Å². The number of amides is 1. The fourth-order valence-corrected chi connectivity index (χ4v) is 7.49. The number of hydrogen-bond donors (Lipinski definition) is 3. The van der Waals surface area contributed by atoms with Crippen LogP contribution < -0.4 is 17.2 Å². The van der Waals surface area contributed by atoms with E-state index in [4.69, 9.17) is 17.2 Å². The lowest BCUT2D eigenvalue weighted by atomic mass is 9.71. The van der Waals surface area contributed by atoms with Crippen molar-refractivity contribution in [2.75, 3.05) is 6.54 Å². The number of rotatable bonds is 17. The van der Waals surface area contributed by atoms with Crippen molar-refractivity contribution < 1.29 is 4.79 Å². The van der Waals surface area contributed by atoms with E-state index in [1.165, 1.54) is 80.1 Å². The first kappa shape index (κ1) is 33.6. The third-order valence-electron chi connectivity index (χ3n) is 9.66. The summed E-state index contributed by atoms with van der Waals surface area (Å²) >= 11 is 0. The van der Waals surface area contributed by atoms with Crippen LogP contribution in [0.3, 0.4) is 0 Å². The quantitative estimate of drug-likeness (QED) is 0.141. The summed E-state index contributed by atoms with van der Waals surface area (Å²) in [5, 5.41) is 0. The summed E-state index contributed by atoms with van der Waals surface area (Å²) in [4.78, 5) is 11.4. The van der Waals surface area contributed by atoms with Crippen molar-refractivity contribution in [2.45, 2.75) is 130 Å². The van der Waals surface area contributed by atoms with Crippen molar-refractivity contribution in [3.05, 3.63) is 47.0 Å². The molecule has 0 aliphatic heterocycles. The Hall–Kier alpha value is -1.65. The predicted octanol–water partition coefficient (Wildman–Crippen LogP) is 7.50. The molecule has 1 aromatic rings. The number of primary amides is 1. The van der Waals surface area contributed by atoms with Crippen LogP contribution in [0.15, 0.2) is 30.4 Å². The number of fused-ring (bicyclic) bond motifs is 2. The molecule has 0 aromatic heterocycles. The van der Waals surface area contributed by atoms with Crippen molar-refractivity contribution in [2.24, 2.45) is 46.8 Å². The molecule has 1 saturated carbocycles. The van der Waals surface area contributed by atoms with Gasteiger partial charge in [-0.2, -0.15) is 0 Å². The van der Waals surface area contributed by atoms with E-state index < -0.39 is 0 Å². The summed E-state index contributed by atoms with van der Waals surface area (Å²) in [7, 11) is 0. The van der Waals surface area contributed by atoms with E-state index in [2.05, 4.69) is 38.6 Å². The zero-order valence-corrected chi connectivity index (χ0v) is 25.9.